The lowest BCUT2D eigenvalue weighted by molar-refractivity contribution is 0.0471. The van der Waals surface area contributed by atoms with Crippen molar-refractivity contribution in [3.8, 4) is 0 Å². The predicted molar refractivity (Wildman–Crippen MR) is 170 cm³/mol. The molecule has 0 bridgehead atoms. The van der Waals surface area contributed by atoms with Crippen molar-refractivity contribution in [2.45, 2.75) is 78.4 Å². The molecule has 0 saturated carbocycles. The Kier molecular flexibility index (Phi) is 15.7. The molecule has 0 saturated heterocycles. The Balaban J connectivity index is 2.03. The first kappa shape index (κ1) is 37.2. The van der Waals surface area contributed by atoms with Crippen LogP contribution >= 0.6 is 0 Å². The molecule has 46 heavy (non-hydrogen) atoms. The summed E-state index contributed by atoms with van der Waals surface area (Å²) in [5.41, 5.74) is 4.63. The second kappa shape index (κ2) is 19.4. The van der Waals surface area contributed by atoms with Crippen molar-refractivity contribution in [3.05, 3.63) is 65.7 Å². The molecule has 0 aromatic heterocycles. The van der Waals surface area contributed by atoms with E-state index in [9.17, 15) is 29.1 Å². The average Bonchev–Trinajstić information content (AvgIpc) is 3.01. The highest BCUT2D eigenvalue weighted by Gasteiger charge is 2.26. The lowest BCUT2D eigenvalue weighted by Crippen LogP contribution is -2.57. The van der Waals surface area contributed by atoms with E-state index in [-0.39, 0.29) is 24.4 Å². The number of rotatable bonds is 14. The molecule has 0 aliphatic rings. The van der Waals surface area contributed by atoms with Crippen LogP contribution < -0.4 is 21.2 Å². The van der Waals surface area contributed by atoms with Crippen molar-refractivity contribution >= 4 is 36.0 Å². The molecule has 2 aromatic rings. The molecule has 14 heteroatoms. The van der Waals surface area contributed by atoms with Crippen molar-refractivity contribution in [3.63, 3.8) is 0 Å². The fourth-order valence-electron chi connectivity index (χ4n) is 3.87. The Labute approximate surface area is 269 Å². The van der Waals surface area contributed by atoms with Crippen LogP contribution in [0.15, 0.2) is 54.6 Å². The number of hydrogen-bond acceptors (Lipinski definition) is 8. The smallest absolute Gasteiger partial charge is 0.427 e. The van der Waals surface area contributed by atoms with E-state index in [2.05, 4.69) is 16.2 Å². The first-order valence-corrected chi connectivity index (χ1v) is 15.2. The third-order valence-electron chi connectivity index (χ3n) is 6.13. The maximum Gasteiger partial charge on any atom is 0.427 e. The van der Waals surface area contributed by atoms with Gasteiger partial charge < -0.3 is 24.6 Å². The standard InChI is InChI=1S/C32H45N5O9/c1-5-6-21-44-29(40)33-19-12-7-8-13-20-36(31(42)43)34-28(39)37(35-30(41)46-32(2,3)4)26-18-14-17-25(22-26)27(38)45-23-24-15-10-9-11-16-24/h9-11,14-18,22H,5-8,12-13,19-21,23H2,1-4H3,(H,33,40)(H,34,39)(H,35,41)(H,42,43). The molecule has 14 nitrogen and oxygen atoms in total. The number of anilines is 1. The summed E-state index contributed by atoms with van der Waals surface area (Å²) in [6, 6.07) is 13.8. The molecule has 0 radical (unpaired) electrons. The van der Waals surface area contributed by atoms with Gasteiger partial charge in [-0.3, -0.25) is 0 Å². The monoisotopic (exact) mass is 643 g/mol. The molecular weight excluding hydrogens is 598 g/mol. The Morgan fingerprint density at radius 2 is 1.54 bits per heavy atom. The zero-order chi connectivity index (χ0) is 34.0. The van der Waals surface area contributed by atoms with Gasteiger partial charge in [-0.15, -0.1) is 0 Å². The first-order valence-electron chi connectivity index (χ1n) is 15.2. The van der Waals surface area contributed by atoms with E-state index in [4.69, 9.17) is 14.2 Å². The number of carbonyl (C=O) groups is 5. The normalized spacial score (nSPS) is 10.7. The van der Waals surface area contributed by atoms with Crippen LogP contribution in [0.5, 0.6) is 0 Å². The fourth-order valence-corrected chi connectivity index (χ4v) is 3.87. The molecule has 0 atom stereocenters. The predicted octanol–water partition coefficient (Wildman–Crippen LogP) is 5.98. The van der Waals surface area contributed by atoms with Crippen molar-refractivity contribution in [1.82, 2.24) is 21.2 Å². The number of hydrazine groups is 2. The highest BCUT2D eigenvalue weighted by molar-refractivity contribution is 5.97. The highest BCUT2D eigenvalue weighted by atomic mass is 16.6. The van der Waals surface area contributed by atoms with Crippen LogP contribution in [0.3, 0.4) is 0 Å². The van der Waals surface area contributed by atoms with E-state index in [1.807, 2.05) is 25.1 Å². The van der Waals surface area contributed by atoms with Crippen LogP contribution in [-0.2, 0) is 20.8 Å². The van der Waals surface area contributed by atoms with Gasteiger partial charge >= 0.3 is 30.3 Å². The molecule has 0 fully saturated rings. The van der Waals surface area contributed by atoms with Gasteiger partial charge in [-0.2, -0.15) is 5.01 Å². The largest absolute Gasteiger partial charge is 0.464 e. The maximum absolute atomic E-state index is 13.4. The highest BCUT2D eigenvalue weighted by Crippen LogP contribution is 2.18. The first-order chi connectivity index (χ1) is 21.9. The van der Waals surface area contributed by atoms with Gasteiger partial charge in [0.05, 0.1) is 17.9 Å². The van der Waals surface area contributed by atoms with E-state index in [1.54, 1.807) is 32.9 Å². The lowest BCUT2D eigenvalue weighted by atomic mass is 10.2. The van der Waals surface area contributed by atoms with E-state index in [0.717, 1.165) is 23.4 Å². The molecule has 0 unspecified atom stereocenters. The summed E-state index contributed by atoms with van der Waals surface area (Å²) in [4.78, 5) is 62.3. The molecular formula is C32H45N5O9. The van der Waals surface area contributed by atoms with Crippen molar-refractivity contribution < 1.29 is 43.3 Å². The molecule has 0 heterocycles. The molecule has 2 rings (SSSR count). The Morgan fingerprint density at radius 3 is 2.22 bits per heavy atom. The van der Waals surface area contributed by atoms with E-state index < -0.39 is 35.9 Å². The number of nitrogens with zero attached hydrogens (tertiary/aromatic N) is 2. The number of benzene rings is 2. The number of urea groups is 1. The topological polar surface area (TPSA) is 176 Å². The minimum atomic E-state index is -1.42. The summed E-state index contributed by atoms with van der Waals surface area (Å²) in [6.07, 6.45) is 1.27. The average molecular weight is 644 g/mol. The Morgan fingerprint density at radius 1 is 0.826 bits per heavy atom. The number of carbonyl (C=O) groups excluding carboxylic acids is 4. The van der Waals surface area contributed by atoms with Gasteiger partial charge in [0.1, 0.15) is 12.2 Å². The van der Waals surface area contributed by atoms with E-state index >= 15 is 0 Å². The van der Waals surface area contributed by atoms with Gasteiger partial charge in [-0.1, -0.05) is 62.6 Å². The molecule has 0 aliphatic carbocycles. The number of nitrogens with one attached hydrogen (secondary N) is 3. The molecule has 5 amide bonds. The number of esters is 1. The van der Waals surface area contributed by atoms with Crippen LogP contribution in [0.1, 0.15) is 82.1 Å². The van der Waals surface area contributed by atoms with Gasteiger partial charge in [-0.05, 0) is 63.8 Å². The second-order valence-electron chi connectivity index (χ2n) is 11.2. The molecule has 0 spiro atoms. The summed E-state index contributed by atoms with van der Waals surface area (Å²) in [5.74, 6) is -0.668. The van der Waals surface area contributed by atoms with E-state index in [0.29, 0.717) is 43.8 Å². The number of alkyl carbamates (subject to hydrolysis) is 1. The SMILES string of the molecule is CCCCOC(=O)NCCCCCCN(NC(=O)N(NC(=O)OC(C)(C)C)c1cccc(C(=O)OCc2ccccc2)c1)C(=O)O. The zero-order valence-electron chi connectivity index (χ0n) is 26.9. The second-order valence-corrected chi connectivity index (χ2v) is 11.2. The van der Waals surface area contributed by atoms with Crippen molar-refractivity contribution in [1.29, 1.82) is 0 Å². The van der Waals surface area contributed by atoms with Crippen LogP contribution in [0, 0.1) is 0 Å². The minimum Gasteiger partial charge on any atom is -0.464 e. The number of amides is 5. The Hall–Kier alpha value is -5.01. The number of unbranched alkanes of at least 4 members (excludes halogenated alkanes) is 4. The van der Waals surface area contributed by atoms with Gasteiger partial charge in [-0.25, -0.2) is 39.8 Å². The van der Waals surface area contributed by atoms with Gasteiger partial charge in [0.2, 0.25) is 0 Å². The third-order valence-corrected chi connectivity index (χ3v) is 6.13. The molecule has 2 aromatic carbocycles. The number of hydrogen-bond donors (Lipinski definition) is 4. The summed E-state index contributed by atoms with van der Waals surface area (Å²) in [5, 5.41) is 13.8. The fraction of sp³-hybridized carbons (Fsp3) is 0.469. The van der Waals surface area contributed by atoms with Crippen LogP contribution in [-0.4, -0.2) is 65.7 Å². The number of carboxylic acid groups (broad SMARTS) is 1. The maximum atomic E-state index is 13.4. The van der Waals surface area contributed by atoms with Gasteiger partial charge in [0.25, 0.3) is 0 Å². The van der Waals surface area contributed by atoms with Crippen molar-refractivity contribution in [2.24, 2.45) is 0 Å². The summed E-state index contributed by atoms with van der Waals surface area (Å²) in [6.45, 7) is 7.71. The summed E-state index contributed by atoms with van der Waals surface area (Å²) in [7, 11) is 0. The molecule has 252 valence electrons. The quantitative estimate of drug-likeness (QED) is 0.0835. The number of ether oxygens (including phenoxy) is 3. The van der Waals surface area contributed by atoms with E-state index in [1.165, 1.54) is 24.3 Å². The Bertz CT molecular complexity index is 1280. The molecule has 0 aliphatic heterocycles. The zero-order valence-corrected chi connectivity index (χ0v) is 26.9. The van der Waals surface area contributed by atoms with Crippen molar-refractivity contribution in [2.75, 3.05) is 24.7 Å². The van der Waals surface area contributed by atoms with Crippen LogP contribution in [0.4, 0.5) is 24.9 Å². The minimum absolute atomic E-state index is 0.0277. The van der Waals surface area contributed by atoms with Gasteiger partial charge in [0, 0.05) is 13.1 Å². The summed E-state index contributed by atoms with van der Waals surface area (Å²) < 4.78 is 15.7. The van der Waals surface area contributed by atoms with Crippen LogP contribution in [0.2, 0.25) is 0 Å². The lowest BCUT2D eigenvalue weighted by Gasteiger charge is -2.28. The molecule has 4 N–H and O–H groups in total. The third kappa shape index (κ3) is 14.6. The summed E-state index contributed by atoms with van der Waals surface area (Å²) >= 11 is 0. The van der Waals surface area contributed by atoms with Crippen LogP contribution in [0.25, 0.3) is 0 Å². The van der Waals surface area contributed by atoms with Gasteiger partial charge in [0.15, 0.2) is 0 Å².